The molecule has 5 nitrogen and oxygen atoms in total. The highest BCUT2D eigenvalue weighted by atomic mass is 16.5. The van der Waals surface area contributed by atoms with Gasteiger partial charge in [-0.05, 0) is 25.1 Å². The molecule has 1 rings (SSSR count). The van der Waals surface area contributed by atoms with Gasteiger partial charge in [0.15, 0.2) is 6.61 Å². The minimum atomic E-state index is -0.580. The van der Waals surface area contributed by atoms with E-state index in [4.69, 9.17) is 14.2 Å². The summed E-state index contributed by atoms with van der Waals surface area (Å²) in [5.41, 5.74) is 0.307. The van der Waals surface area contributed by atoms with Crippen molar-refractivity contribution in [3.05, 3.63) is 48.1 Å². The summed E-state index contributed by atoms with van der Waals surface area (Å²) in [5.74, 6) is -0.0124. The maximum absolute atomic E-state index is 12.1. The third-order valence-corrected chi connectivity index (χ3v) is 2.59. The van der Waals surface area contributed by atoms with Crippen molar-refractivity contribution in [2.24, 2.45) is 0 Å². The van der Waals surface area contributed by atoms with Crippen LogP contribution < -0.4 is 9.47 Å². The van der Waals surface area contributed by atoms with Crippen molar-refractivity contribution >= 4 is 11.8 Å². The molecule has 0 unspecified atom stereocenters. The van der Waals surface area contributed by atoms with E-state index in [-0.39, 0.29) is 12.4 Å². The lowest BCUT2D eigenvalue weighted by Gasteiger charge is -2.09. The van der Waals surface area contributed by atoms with Crippen LogP contribution in [-0.4, -0.2) is 32.6 Å². The van der Waals surface area contributed by atoms with E-state index in [2.05, 4.69) is 0 Å². The molecule has 112 valence electrons. The van der Waals surface area contributed by atoms with Gasteiger partial charge < -0.3 is 14.2 Å². The van der Waals surface area contributed by atoms with Gasteiger partial charge in [-0.3, -0.25) is 4.79 Å². The summed E-state index contributed by atoms with van der Waals surface area (Å²) in [6.07, 6.45) is 6.25. The number of carbonyl (C=O) groups is 2. The van der Waals surface area contributed by atoms with Gasteiger partial charge in [0, 0.05) is 6.08 Å². The molecule has 0 spiro atoms. The number of hydrogen-bond acceptors (Lipinski definition) is 5. The molecular weight excluding hydrogens is 272 g/mol. The summed E-state index contributed by atoms with van der Waals surface area (Å²) in [7, 11) is 2.96. The zero-order valence-corrected chi connectivity index (χ0v) is 12.3. The molecule has 0 aliphatic heterocycles. The first-order valence-corrected chi connectivity index (χ1v) is 6.33. The van der Waals surface area contributed by atoms with Crippen molar-refractivity contribution in [3.63, 3.8) is 0 Å². The van der Waals surface area contributed by atoms with Gasteiger partial charge >= 0.3 is 5.97 Å². The standard InChI is InChI=1S/C16H18O5/c1-4-5-6-7-16(18)21-11-14(17)13-10-12(19-2)8-9-15(13)20-3/h4-10H,11H2,1-3H3. The van der Waals surface area contributed by atoms with E-state index >= 15 is 0 Å². The van der Waals surface area contributed by atoms with Crippen LogP contribution in [0.2, 0.25) is 0 Å². The topological polar surface area (TPSA) is 61.8 Å². The van der Waals surface area contributed by atoms with Gasteiger partial charge in [-0.2, -0.15) is 0 Å². The first-order chi connectivity index (χ1) is 10.1. The van der Waals surface area contributed by atoms with Crippen LogP contribution >= 0.6 is 0 Å². The highest BCUT2D eigenvalue weighted by Gasteiger charge is 2.15. The molecule has 0 bridgehead atoms. The number of allylic oxidation sites excluding steroid dienone is 3. The second kappa shape index (κ2) is 8.58. The van der Waals surface area contributed by atoms with E-state index in [0.717, 1.165) is 0 Å². The van der Waals surface area contributed by atoms with Gasteiger partial charge in [-0.25, -0.2) is 4.79 Å². The third kappa shape index (κ3) is 5.14. The van der Waals surface area contributed by atoms with E-state index in [1.54, 1.807) is 36.4 Å². The number of methoxy groups -OCH3 is 2. The molecule has 21 heavy (non-hydrogen) atoms. The zero-order valence-electron chi connectivity index (χ0n) is 12.3. The smallest absolute Gasteiger partial charge is 0.331 e. The van der Waals surface area contributed by atoms with Crippen LogP contribution in [0.3, 0.4) is 0 Å². The second-order valence-corrected chi connectivity index (χ2v) is 3.98. The average Bonchev–Trinajstić information content (AvgIpc) is 2.52. The van der Waals surface area contributed by atoms with Gasteiger partial charge in [-0.15, -0.1) is 0 Å². The molecule has 0 saturated carbocycles. The molecule has 1 aromatic rings. The Hall–Kier alpha value is -2.56. The predicted molar refractivity (Wildman–Crippen MR) is 78.8 cm³/mol. The van der Waals surface area contributed by atoms with Crippen molar-refractivity contribution in [3.8, 4) is 11.5 Å². The first kappa shape index (κ1) is 16.5. The lowest BCUT2D eigenvalue weighted by atomic mass is 10.1. The van der Waals surface area contributed by atoms with Crippen LogP contribution in [-0.2, 0) is 9.53 Å². The second-order valence-electron chi connectivity index (χ2n) is 3.98. The van der Waals surface area contributed by atoms with Crippen molar-refractivity contribution in [1.29, 1.82) is 0 Å². The molecule has 0 atom stereocenters. The molecule has 0 saturated heterocycles. The Kier molecular flexibility index (Phi) is 6.74. The molecule has 0 aliphatic carbocycles. The Bertz CT molecular complexity index is 558. The van der Waals surface area contributed by atoms with Gasteiger partial charge in [0.05, 0.1) is 19.8 Å². The van der Waals surface area contributed by atoms with Crippen LogP contribution in [0.1, 0.15) is 17.3 Å². The molecule has 0 amide bonds. The molecule has 0 fully saturated rings. The zero-order chi connectivity index (χ0) is 15.7. The van der Waals surface area contributed by atoms with E-state index in [9.17, 15) is 9.59 Å². The number of esters is 1. The van der Waals surface area contributed by atoms with Gasteiger partial charge in [0.2, 0.25) is 5.78 Å². The predicted octanol–water partition coefficient (Wildman–Crippen LogP) is 2.56. The maximum Gasteiger partial charge on any atom is 0.331 e. The van der Waals surface area contributed by atoms with Crippen LogP contribution in [0, 0.1) is 0 Å². The largest absolute Gasteiger partial charge is 0.497 e. The fraction of sp³-hybridized carbons (Fsp3) is 0.250. The van der Waals surface area contributed by atoms with Crippen molar-refractivity contribution in [1.82, 2.24) is 0 Å². The molecule has 1 aromatic carbocycles. The lowest BCUT2D eigenvalue weighted by Crippen LogP contribution is -2.13. The average molecular weight is 290 g/mol. The van der Waals surface area contributed by atoms with Gasteiger partial charge in [-0.1, -0.05) is 18.2 Å². The summed E-state index contributed by atoms with van der Waals surface area (Å²) in [6, 6.07) is 4.85. The quantitative estimate of drug-likeness (QED) is 0.334. The Balaban J connectivity index is 2.73. The third-order valence-electron chi connectivity index (χ3n) is 2.59. The number of carbonyl (C=O) groups excluding carboxylic acids is 2. The van der Waals surface area contributed by atoms with Crippen LogP contribution in [0.15, 0.2) is 42.5 Å². The fourth-order valence-corrected chi connectivity index (χ4v) is 1.54. The summed E-state index contributed by atoms with van der Waals surface area (Å²) in [5, 5.41) is 0. The highest BCUT2D eigenvalue weighted by Crippen LogP contribution is 2.24. The number of ether oxygens (including phenoxy) is 3. The van der Waals surface area contributed by atoms with Crippen LogP contribution in [0.5, 0.6) is 11.5 Å². The molecule has 0 heterocycles. The molecule has 0 aliphatic rings. The summed E-state index contributed by atoms with van der Waals surface area (Å²) < 4.78 is 15.0. The van der Waals surface area contributed by atoms with E-state index < -0.39 is 5.97 Å². The highest BCUT2D eigenvalue weighted by molar-refractivity contribution is 6.01. The van der Waals surface area contributed by atoms with Crippen LogP contribution in [0.25, 0.3) is 0 Å². The molecule has 0 N–H and O–H groups in total. The minimum Gasteiger partial charge on any atom is -0.497 e. The molecular formula is C16H18O5. The number of hydrogen-bond donors (Lipinski definition) is 0. The maximum atomic E-state index is 12.1. The first-order valence-electron chi connectivity index (χ1n) is 6.33. The summed E-state index contributed by atoms with van der Waals surface area (Å²) in [4.78, 5) is 23.5. The number of ketones is 1. The summed E-state index contributed by atoms with van der Waals surface area (Å²) >= 11 is 0. The SMILES string of the molecule is CC=CC=CC(=O)OCC(=O)c1cc(OC)ccc1OC. The fourth-order valence-electron chi connectivity index (χ4n) is 1.54. The Morgan fingerprint density at radius 1 is 1.14 bits per heavy atom. The van der Waals surface area contributed by atoms with Gasteiger partial charge in [0.1, 0.15) is 11.5 Å². The number of benzene rings is 1. The van der Waals surface area contributed by atoms with Crippen LogP contribution in [0.4, 0.5) is 0 Å². The lowest BCUT2D eigenvalue weighted by molar-refractivity contribution is -0.136. The van der Waals surface area contributed by atoms with Gasteiger partial charge in [0.25, 0.3) is 0 Å². The monoisotopic (exact) mass is 290 g/mol. The number of rotatable bonds is 7. The number of Topliss-reactive ketones (excluding diaryl/α,β-unsaturated/α-hetero) is 1. The Morgan fingerprint density at radius 3 is 2.52 bits per heavy atom. The Labute approximate surface area is 123 Å². The Morgan fingerprint density at radius 2 is 1.90 bits per heavy atom. The van der Waals surface area contributed by atoms with Crippen molar-refractivity contribution in [2.45, 2.75) is 6.92 Å². The molecule has 5 heteroatoms. The van der Waals surface area contributed by atoms with Crippen molar-refractivity contribution in [2.75, 3.05) is 20.8 Å². The van der Waals surface area contributed by atoms with E-state index in [1.165, 1.54) is 20.3 Å². The molecule has 0 radical (unpaired) electrons. The van der Waals surface area contributed by atoms with E-state index in [0.29, 0.717) is 17.1 Å². The van der Waals surface area contributed by atoms with Crippen molar-refractivity contribution < 1.29 is 23.8 Å². The molecule has 0 aromatic heterocycles. The van der Waals surface area contributed by atoms with E-state index in [1.807, 2.05) is 6.92 Å². The minimum absolute atomic E-state index is 0.307. The summed E-state index contributed by atoms with van der Waals surface area (Å²) in [6.45, 7) is 1.47. The normalized spacial score (nSPS) is 10.8.